The summed E-state index contributed by atoms with van der Waals surface area (Å²) in [7, 11) is 1.55. The van der Waals surface area contributed by atoms with Crippen molar-refractivity contribution in [3.63, 3.8) is 0 Å². The second kappa shape index (κ2) is 7.21. The van der Waals surface area contributed by atoms with Gasteiger partial charge in [0.25, 0.3) is 5.91 Å². The van der Waals surface area contributed by atoms with Gasteiger partial charge in [0.05, 0.1) is 18.2 Å². The van der Waals surface area contributed by atoms with Crippen LogP contribution in [-0.2, 0) is 0 Å². The fraction of sp³-hybridized carbons (Fsp3) is 0.278. The van der Waals surface area contributed by atoms with E-state index in [1.807, 2.05) is 17.0 Å². The molecule has 0 unspecified atom stereocenters. The lowest BCUT2D eigenvalue weighted by molar-refractivity contribution is 0.0695. The van der Waals surface area contributed by atoms with Gasteiger partial charge in [-0.25, -0.2) is 9.78 Å². The number of nitrogens with zero attached hydrogens (tertiary/aromatic N) is 3. The molecule has 0 radical (unpaired) electrons. The number of hydrogen-bond acceptors (Lipinski definition) is 5. The maximum Gasteiger partial charge on any atom is 0.335 e. The molecule has 2 heterocycles. The molecule has 1 fully saturated rings. The standard InChI is InChI=1S/C18H19N3O4/c1-25-15-5-3-2-4-14(15)17(22)21-10-8-20(9-11-21)16-12-13(18(23)24)6-7-19-16/h2-7,12H,8-11H2,1H3,(H,23,24). The molecule has 7 nitrogen and oxygen atoms in total. The number of piperazine rings is 1. The van der Waals surface area contributed by atoms with Crippen molar-refractivity contribution in [1.82, 2.24) is 9.88 Å². The van der Waals surface area contributed by atoms with Crippen molar-refractivity contribution in [2.45, 2.75) is 0 Å². The van der Waals surface area contributed by atoms with Crippen LogP contribution in [0.1, 0.15) is 20.7 Å². The first-order valence-electron chi connectivity index (χ1n) is 7.96. The third kappa shape index (κ3) is 3.55. The minimum atomic E-state index is -0.978. The van der Waals surface area contributed by atoms with Crippen LogP contribution in [0.15, 0.2) is 42.6 Å². The highest BCUT2D eigenvalue weighted by molar-refractivity contribution is 5.97. The first-order valence-corrected chi connectivity index (χ1v) is 7.96. The number of pyridine rings is 1. The van der Waals surface area contributed by atoms with Gasteiger partial charge in [0.15, 0.2) is 0 Å². The van der Waals surface area contributed by atoms with Gasteiger partial charge in [0, 0.05) is 32.4 Å². The molecule has 0 saturated carbocycles. The van der Waals surface area contributed by atoms with Crippen LogP contribution in [0.3, 0.4) is 0 Å². The SMILES string of the molecule is COc1ccccc1C(=O)N1CCN(c2cc(C(=O)O)ccn2)CC1. The van der Waals surface area contributed by atoms with E-state index < -0.39 is 5.97 Å². The third-order valence-electron chi connectivity index (χ3n) is 4.22. The maximum absolute atomic E-state index is 12.7. The van der Waals surface area contributed by atoms with Crippen LogP contribution in [0.2, 0.25) is 0 Å². The van der Waals surface area contributed by atoms with Crippen molar-refractivity contribution >= 4 is 17.7 Å². The Morgan fingerprint density at radius 1 is 1.12 bits per heavy atom. The quantitative estimate of drug-likeness (QED) is 0.912. The Hall–Kier alpha value is -3.09. The lowest BCUT2D eigenvalue weighted by Crippen LogP contribution is -2.49. The normalized spacial score (nSPS) is 14.3. The Morgan fingerprint density at radius 2 is 1.84 bits per heavy atom. The number of carboxylic acid groups (broad SMARTS) is 1. The van der Waals surface area contributed by atoms with E-state index in [-0.39, 0.29) is 11.5 Å². The summed E-state index contributed by atoms with van der Waals surface area (Å²) in [4.78, 5) is 31.8. The number of carbonyl (C=O) groups excluding carboxylic acids is 1. The highest BCUT2D eigenvalue weighted by atomic mass is 16.5. The number of aromatic carboxylic acids is 1. The smallest absolute Gasteiger partial charge is 0.335 e. The van der Waals surface area contributed by atoms with E-state index in [4.69, 9.17) is 9.84 Å². The summed E-state index contributed by atoms with van der Waals surface area (Å²) < 4.78 is 5.26. The molecule has 3 rings (SSSR count). The topological polar surface area (TPSA) is 83.0 Å². The van der Waals surface area contributed by atoms with Gasteiger partial charge in [0.2, 0.25) is 0 Å². The second-order valence-corrected chi connectivity index (χ2v) is 5.69. The fourth-order valence-electron chi connectivity index (χ4n) is 2.85. The van der Waals surface area contributed by atoms with Crippen LogP contribution in [0.25, 0.3) is 0 Å². The van der Waals surface area contributed by atoms with E-state index in [1.165, 1.54) is 12.3 Å². The molecule has 130 valence electrons. The highest BCUT2D eigenvalue weighted by Crippen LogP contribution is 2.21. The summed E-state index contributed by atoms with van der Waals surface area (Å²) in [6.07, 6.45) is 1.49. The molecule has 1 aromatic carbocycles. The van der Waals surface area contributed by atoms with Crippen LogP contribution in [0.4, 0.5) is 5.82 Å². The largest absolute Gasteiger partial charge is 0.496 e. The van der Waals surface area contributed by atoms with Crippen molar-refractivity contribution < 1.29 is 19.4 Å². The Balaban J connectivity index is 1.68. The number of para-hydroxylation sites is 1. The van der Waals surface area contributed by atoms with E-state index >= 15 is 0 Å². The summed E-state index contributed by atoms with van der Waals surface area (Å²) in [5.41, 5.74) is 0.752. The average Bonchev–Trinajstić information content (AvgIpc) is 2.67. The number of hydrogen-bond donors (Lipinski definition) is 1. The monoisotopic (exact) mass is 341 g/mol. The zero-order chi connectivity index (χ0) is 17.8. The molecule has 0 bridgehead atoms. The predicted octanol–water partition coefficient (Wildman–Crippen LogP) is 1.75. The van der Waals surface area contributed by atoms with E-state index in [2.05, 4.69) is 4.98 Å². The fourth-order valence-corrected chi connectivity index (χ4v) is 2.85. The zero-order valence-electron chi connectivity index (χ0n) is 13.9. The lowest BCUT2D eigenvalue weighted by atomic mass is 10.1. The van der Waals surface area contributed by atoms with Gasteiger partial charge >= 0.3 is 5.97 Å². The first kappa shape index (κ1) is 16.8. The van der Waals surface area contributed by atoms with Crippen LogP contribution in [0.5, 0.6) is 5.75 Å². The number of carbonyl (C=O) groups is 2. The van der Waals surface area contributed by atoms with Crippen LogP contribution in [0, 0.1) is 0 Å². The van der Waals surface area contributed by atoms with Gasteiger partial charge in [-0.1, -0.05) is 12.1 Å². The number of benzene rings is 1. The molecule has 1 aliphatic rings. The lowest BCUT2D eigenvalue weighted by Gasteiger charge is -2.35. The molecule has 1 amide bonds. The third-order valence-corrected chi connectivity index (χ3v) is 4.22. The number of rotatable bonds is 4. The van der Waals surface area contributed by atoms with E-state index in [1.54, 1.807) is 30.2 Å². The van der Waals surface area contributed by atoms with Gasteiger partial charge in [-0.3, -0.25) is 4.79 Å². The number of ether oxygens (including phenoxy) is 1. The van der Waals surface area contributed by atoms with Crippen LogP contribution >= 0.6 is 0 Å². The summed E-state index contributed by atoms with van der Waals surface area (Å²) in [6.45, 7) is 2.26. The number of methoxy groups -OCH3 is 1. The Labute approximate surface area is 145 Å². The Morgan fingerprint density at radius 3 is 2.52 bits per heavy atom. The molecule has 0 atom stereocenters. The molecule has 7 heteroatoms. The predicted molar refractivity (Wildman–Crippen MR) is 92.3 cm³/mol. The van der Waals surface area contributed by atoms with Crippen LogP contribution < -0.4 is 9.64 Å². The number of anilines is 1. The van der Waals surface area contributed by atoms with Crippen molar-refractivity contribution in [3.8, 4) is 5.75 Å². The summed E-state index contributed by atoms with van der Waals surface area (Å²) in [5, 5.41) is 9.09. The van der Waals surface area contributed by atoms with Crippen molar-refractivity contribution in [3.05, 3.63) is 53.7 Å². The molecule has 25 heavy (non-hydrogen) atoms. The van der Waals surface area contributed by atoms with E-state index in [0.717, 1.165) is 0 Å². The zero-order valence-corrected chi connectivity index (χ0v) is 13.9. The summed E-state index contributed by atoms with van der Waals surface area (Å²) >= 11 is 0. The minimum Gasteiger partial charge on any atom is -0.496 e. The van der Waals surface area contributed by atoms with Crippen LogP contribution in [-0.4, -0.2) is 60.2 Å². The highest BCUT2D eigenvalue weighted by Gasteiger charge is 2.25. The molecule has 1 aromatic heterocycles. The molecule has 0 spiro atoms. The van der Waals surface area contributed by atoms with Gasteiger partial charge < -0.3 is 19.6 Å². The summed E-state index contributed by atoms with van der Waals surface area (Å²) in [5.74, 6) is 0.132. The van der Waals surface area contributed by atoms with Gasteiger partial charge in [-0.2, -0.15) is 0 Å². The molecule has 2 aromatic rings. The number of amides is 1. The Bertz CT molecular complexity index is 785. The van der Waals surface area contributed by atoms with Gasteiger partial charge in [0.1, 0.15) is 11.6 Å². The molecule has 1 N–H and O–H groups in total. The van der Waals surface area contributed by atoms with Gasteiger partial charge in [-0.05, 0) is 24.3 Å². The number of carboxylic acids is 1. The van der Waals surface area contributed by atoms with Crippen molar-refractivity contribution in [1.29, 1.82) is 0 Å². The second-order valence-electron chi connectivity index (χ2n) is 5.69. The van der Waals surface area contributed by atoms with E-state index in [9.17, 15) is 9.59 Å². The minimum absolute atomic E-state index is 0.0654. The number of aromatic nitrogens is 1. The van der Waals surface area contributed by atoms with Crippen molar-refractivity contribution in [2.24, 2.45) is 0 Å². The molecular weight excluding hydrogens is 322 g/mol. The Kier molecular flexibility index (Phi) is 4.83. The van der Waals surface area contributed by atoms with Gasteiger partial charge in [-0.15, -0.1) is 0 Å². The first-order chi connectivity index (χ1) is 12.1. The molecule has 1 aliphatic heterocycles. The molecule has 1 saturated heterocycles. The summed E-state index contributed by atoms with van der Waals surface area (Å²) in [6, 6.07) is 10.2. The van der Waals surface area contributed by atoms with Crippen molar-refractivity contribution in [2.75, 3.05) is 38.2 Å². The molecular formula is C18H19N3O4. The average molecular weight is 341 g/mol. The van der Waals surface area contributed by atoms with E-state index in [0.29, 0.717) is 43.3 Å². The molecule has 0 aliphatic carbocycles. The maximum atomic E-state index is 12.7.